The topological polar surface area (TPSA) is 58.8 Å². The molecule has 2 aromatic carbocycles. The minimum atomic E-state index is -0.334. The van der Waals surface area contributed by atoms with Crippen LogP contribution in [-0.2, 0) is 12.0 Å². The molecule has 4 rings (SSSR count). The Hall–Kier alpha value is -2.69. The SMILES string of the molecule is CC(C)(C)c1ccc(CN2CCC3(CCN(C(N)=O)CC3)Oc3ccccc32)cc1. The molecule has 0 unspecified atom stereocenters. The molecule has 0 aromatic heterocycles. The standard InChI is InChI=1S/C25H33N3O2/c1-24(2,3)20-10-8-19(9-11-20)18-28-17-14-25(12-15-27(16-13-25)23(26)29)30-22-7-5-4-6-21(22)28/h4-11H,12-18H2,1-3H3,(H2,26,29). The van der Waals surface area contributed by atoms with E-state index in [4.69, 9.17) is 10.5 Å². The summed E-state index contributed by atoms with van der Waals surface area (Å²) in [5, 5.41) is 0. The maximum Gasteiger partial charge on any atom is 0.314 e. The quantitative estimate of drug-likeness (QED) is 0.786. The molecule has 1 saturated heterocycles. The molecule has 0 aliphatic carbocycles. The minimum absolute atomic E-state index is 0.160. The van der Waals surface area contributed by atoms with Crippen molar-refractivity contribution in [2.45, 2.75) is 57.6 Å². The number of amides is 2. The van der Waals surface area contributed by atoms with E-state index >= 15 is 0 Å². The summed E-state index contributed by atoms with van der Waals surface area (Å²) in [5.74, 6) is 0.939. The molecule has 30 heavy (non-hydrogen) atoms. The molecule has 1 spiro atoms. The summed E-state index contributed by atoms with van der Waals surface area (Å²) in [5.41, 5.74) is 9.21. The Labute approximate surface area is 179 Å². The number of hydrogen-bond acceptors (Lipinski definition) is 3. The molecule has 0 radical (unpaired) electrons. The number of urea groups is 1. The van der Waals surface area contributed by atoms with Crippen molar-refractivity contribution in [1.29, 1.82) is 0 Å². The number of fused-ring (bicyclic) bond motifs is 1. The lowest BCUT2D eigenvalue weighted by Gasteiger charge is -2.40. The Kier molecular flexibility index (Phi) is 5.39. The van der Waals surface area contributed by atoms with Gasteiger partial charge in [0.2, 0.25) is 0 Å². The van der Waals surface area contributed by atoms with Crippen LogP contribution in [0.3, 0.4) is 0 Å². The van der Waals surface area contributed by atoms with E-state index in [1.807, 2.05) is 6.07 Å². The van der Waals surface area contributed by atoms with Gasteiger partial charge in [-0.05, 0) is 28.7 Å². The summed E-state index contributed by atoms with van der Waals surface area (Å²) in [6, 6.07) is 17.0. The lowest BCUT2D eigenvalue weighted by molar-refractivity contribution is 0.0105. The van der Waals surface area contributed by atoms with E-state index in [0.29, 0.717) is 13.1 Å². The molecule has 2 heterocycles. The zero-order chi connectivity index (χ0) is 21.4. The molecule has 1 fully saturated rings. The van der Waals surface area contributed by atoms with Gasteiger partial charge in [-0.25, -0.2) is 4.79 Å². The molecule has 5 nitrogen and oxygen atoms in total. The number of benzene rings is 2. The van der Waals surface area contributed by atoms with Crippen molar-refractivity contribution < 1.29 is 9.53 Å². The Morgan fingerprint density at radius 1 is 1.00 bits per heavy atom. The molecule has 0 atom stereocenters. The van der Waals surface area contributed by atoms with E-state index in [9.17, 15) is 4.79 Å². The number of nitrogens with two attached hydrogens (primary N) is 1. The van der Waals surface area contributed by atoms with Gasteiger partial charge in [0.15, 0.2) is 0 Å². The third-order valence-electron chi connectivity index (χ3n) is 6.55. The largest absolute Gasteiger partial charge is 0.485 e. The van der Waals surface area contributed by atoms with E-state index in [2.05, 4.69) is 68.1 Å². The van der Waals surface area contributed by atoms with Crippen molar-refractivity contribution in [3.05, 3.63) is 59.7 Å². The second kappa shape index (κ2) is 7.86. The van der Waals surface area contributed by atoms with Crippen LogP contribution in [-0.4, -0.2) is 36.2 Å². The first kappa shape index (κ1) is 20.6. The van der Waals surface area contributed by atoms with Crippen LogP contribution in [0, 0.1) is 0 Å². The number of para-hydroxylation sites is 2. The fourth-order valence-corrected chi connectivity index (χ4v) is 4.53. The number of nitrogens with zero attached hydrogens (tertiary/aromatic N) is 2. The van der Waals surface area contributed by atoms with Crippen LogP contribution in [0.1, 0.15) is 51.2 Å². The lowest BCUT2D eigenvalue weighted by Crippen LogP contribution is -2.51. The summed E-state index contributed by atoms with van der Waals surface area (Å²) in [6.07, 6.45) is 2.57. The van der Waals surface area contributed by atoms with E-state index in [-0.39, 0.29) is 17.0 Å². The van der Waals surface area contributed by atoms with Crippen molar-refractivity contribution in [3.8, 4) is 5.75 Å². The number of ether oxygens (including phenoxy) is 1. The Bertz CT molecular complexity index is 893. The average Bonchev–Trinajstić information content (AvgIpc) is 2.85. The van der Waals surface area contributed by atoms with E-state index in [1.165, 1.54) is 11.1 Å². The molecule has 2 aliphatic rings. The number of piperidine rings is 1. The number of likely N-dealkylation sites (tertiary alicyclic amines) is 1. The molecule has 160 valence electrons. The lowest BCUT2D eigenvalue weighted by atomic mass is 9.86. The Morgan fingerprint density at radius 3 is 2.27 bits per heavy atom. The van der Waals surface area contributed by atoms with Gasteiger partial charge in [0, 0.05) is 45.4 Å². The number of carbonyl (C=O) groups excluding carboxylic acids is 1. The molecule has 2 aromatic rings. The van der Waals surface area contributed by atoms with Gasteiger partial charge in [0.25, 0.3) is 0 Å². The highest BCUT2D eigenvalue weighted by molar-refractivity contribution is 5.72. The summed E-state index contributed by atoms with van der Waals surface area (Å²) in [4.78, 5) is 15.7. The average molecular weight is 408 g/mol. The van der Waals surface area contributed by atoms with Crippen LogP contribution in [0.5, 0.6) is 5.75 Å². The van der Waals surface area contributed by atoms with Crippen molar-refractivity contribution in [2.24, 2.45) is 5.73 Å². The molecule has 0 saturated carbocycles. The fraction of sp³-hybridized carbons (Fsp3) is 0.480. The van der Waals surface area contributed by atoms with Crippen molar-refractivity contribution in [2.75, 3.05) is 24.5 Å². The van der Waals surface area contributed by atoms with Crippen LogP contribution >= 0.6 is 0 Å². The maximum absolute atomic E-state index is 11.5. The molecule has 5 heteroatoms. The monoisotopic (exact) mass is 407 g/mol. The number of primary amides is 1. The van der Waals surface area contributed by atoms with Crippen LogP contribution < -0.4 is 15.4 Å². The van der Waals surface area contributed by atoms with Crippen LogP contribution in [0.2, 0.25) is 0 Å². The predicted molar refractivity (Wildman–Crippen MR) is 121 cm³/mol. The van der Waals surface area contributed by atoms with Crippen molar-refractivity contribution in [1.82, 2.24) is 4.90 Å². The van der Waals surface area contributed by atoms with Crippen molar-refractivity contribution in [3.63, 3.8) is 0 Å². The van der Waals surface area contributed by atoms with E-state index < -0.39 is 0 Å². The summed E-state index contributed by atoms with van der Waals surface area (Å²) in [6.45, 7) is 9.83. The predicted octanol–water partition coefficient (Wildman–Crippen LogP) is 4.69. The number of rotatable bonds is 2. The second-order valence-electron chi connectivity index (χ2n) is 9.70. The summed E-state index contributed by atoms with van der Waals surface area (Å²) < 4.78 is 6.62. The van der Waals surface area contributed by atoms with Gasteiger partial charge in [-0.15, -0.1) is 0 Å². The molecule has 0 bridgehead atoms. The molecule has 2 aliphatic heterocycles. The van der Waals surface area contributed by atoms with Crippen LogP contribution in [0.4, 0.5) is 10.5 Å². The van der Waals surface area contributed by atoms with Gasteiger partial charge in [0.05, 0.1) is 5.69 Å². The highest BCUT2D eigenvalue weighted by Crippen LogP contribution is 2.41. The highest BCUT2D eigenvalue weighted by Gasteiger charge is 2.40. The Morgan fingerprint density at radius 2 is 1.63 bits per heavy atom. The maximum atomic E-state index is 11.5. The number of hydrogen-bond donors (Lipinski definition) is 1. The second-order valence-corrected chi connectivity index (χ2v) is 9.70. The zero-order valence-corrected chi connectivity index (χ0v) is 18.4. The molecule has 2 N–H and O–H groups in total. The fourth-order valence-electron chi connectivity index (χ4n) is 4.53. The zero-order valence-electron chi connectivity index (χ0n) is 18.4. The molecule has 2 amide bonds. The normalized spacial score (nSPS) is 18.5. The minimum Gasteiger partial charge on any atom is -0.485 e. The Balaban J connectivity index is 1.54. The van der Waals surface area contributed by atoms with Gasteiger partial charge < -0.3 is 20.3 Å². The van der Waals surface area contributed by atoms with Gasteiger partial charge in [0.1, 0.15) is 11.4 Å². The number of anilines is 1. The highest BCUT2D eigenvalue weighted by atomic mass is 16.5. The summed E-state index contributed by atoms with van der Waals surface area (Å²) in [7, 11) is 0. The number of carbonyl (C=O) groups is 1. The van der Waals surface area contributed by atoms with E-state index in [1.54, 1.807) is 4.90 Å². The van der Waals surface area contributed by atoms with Gasteiger partial charge >= 0.3 is 6.03 Å². The first-order chi connectivity index (χ1) is 14.3. The first-order valence-corrected chi connectivity index (χ1v) is 10.9. The van der Waals surface area contributed by atoms with E-state index in [0.717, 1.165) is 43.8 Å². The van der Waals surface area contributed by atoms with Crippen LogP contribution in [0.25, 0.3) is 0 Å². The van der Waals surface area contributed by atoms with Gasteiger partial charge in [-0.2, -0.15) is 0 Å². The third-order valence-corrected chi connectivity index (χ3v) is 6.55. The summed E-state index contributed by atoms with van der Waals surface area (Å²) >= 11 is 0. The molecular weight excluding hydrogens is 374 g/mol. The molecular formula is C25H33N3O2. The van der Waals surface area contributed by atoms with Gasteiger partial charge in [-0.3, -0.25) is 0 Å². The first-order valence-electron chi connectivity index (χ1n) is 10.9. The van der Waals surface area contributed by atoms with Crippen molar-refractivity contribution >= 4 is 11.7 Å². The third kappa shape index (κ3) is 4.25. The van der Waals surface area contributed by atoms with Crippen LogP contribution in [0.15, 0.2) is 48.5 Å². The smallest absolute Gasteiger partial charge is 0.314 e. The van der Waals surface area contributed by atoms with Gasteiger partial charge in [-0.1, -0.05) is 57.2 Å².